The number of hydrogen-bond donors (Lipinski definition) is 0. The molecule has 30 heavy (non-hydrogen) atoms. The number of nitro benzene ring substituents is 1. The van der Waals surface area contributed by atoms with E-state index in [2.05, 4.69) is 0 Å². The van der Waals surface area contributed by atoms with Gasteiger partial charge in [-0.25, -0.2) is 0 Å². The Bertz CT molecular complexity index is 1110. The first kappa shape index (κ1) is 18.4. The molecule has 1 atom stereocenters. The molecular formula is C22H18N2O6. The number of anilines is 1. The lowest BCUT2D eigenvalue weighted by atomic mass is 9.77. The zero-order valence-electron chi connectivity index (χ0n) is 16.0. The first-order valence-electron chi connectivity index (χ1n) is 9.76. The molecule has 0 fully saturated rings. The van der Waals surface area contributed by atoms with Crippen LogP contribution in [0, 0.1) is 10.1 Å². The maximum Gasteiger partial charge on any atom is 0.269 e. The van der Waals surface area contributed by atoms with Crippen molar-refractivity contribution in [3.05, 3.63) is 69.4 Å². The van der Waals surface area contributed by atoms with Crippen LogP contribution in [-0.2, 0) is 9.59 Å². The summed E-state index contributed by atoms with van der Waals surface area (Å²) in [5.41, 5.74) is 2.68. The summed E-state index contributed by atoms with van der Waals surface area (Å²) in [5.74, 6) is 0.822. The molecule has 1 unspecified atom stereocenters. The Morgan fingerprint density at radius 3 is 2.53 bits per heavy atom. The van der Waals surface area contributed by atoms with Gasteiger partial charge in [-0.1, -0.05) is 6.07 Å². The van der Waals surface area contributed by atoms with E-state index < -0.39 is 4.92 Å². The number of hydrogen-bond acceptors (Lipinski definition) is 6. The van der Waals surface area contributed by atoms with Crippen LogP contribution in [0.3, 0.4) is 0 Å². The highest BCUT2D eigenvalue weighted by Gasteiger charge is 2.40. The van der Waals surface area contributed by atoms with Crippen LogP contribution in [-0.4, -0.2) is 23.4 Å². The Hall–Kier alpha value is -3.68. The number of ketones is 1. The van der Waals surface area contributed by atoms with Gasteiger partial charge >= 0.3 is 0 Å². The lowest BCUT2D eigenvalue weighted by Crippen LogP contribution is -2.40. The third kappa shape index (κ3) is 2.92. The fourth-order valence-corrected chi connectivity index (χ4v) is 4.43. The second kappa shape index (κ2) is 6.98. The number of allylic oxidation sites excluding steroid dienone is 2. The van der Waals surface area contributed by atoms with Gasteiger partial charge < -0.3 is 9.47 Å². The molecule has 2 heterocycles. The van der Waals surface area contributed by atoms with Gasteiger partial charge in [-0.2, -0.15) is 0 Å². The highest BCUT2D eigenvalue weighted by molar-refractivity contribution is 6.07. The van der Waals surface area contributed by atoms with E-state index in [0.29, 0.717) is 47.7 Å². The number of non-ortho nitro benzene ring substituents is 1. The summed E-state index contributed by atoms with van der Waals surface area (Å²) in [6.45, 7) is 0.156. The van der Waals surface area contributed by atoms with E-state index in [1.54, 1.807) is 23.1 Å². The van der Waals surface area contributed by atoms with Crippen LogP contribution in [0.25, 0.3) is 0 Å². The van der Waals surface area contributed by atoms with Crippen molar-refractivity contribution in [3.8, 4) is 11.5 Å². The molecule has 0 radical (unpaired) electrons. The van der Waals surface area contributed by atoms with Crippen molar-refractivity contribution in [2.45, 2.75) is 31.6 Å². The normalized spacial score (nSPS) is 20.4. The number of amides is 1. The Morgan fingerprint density at radius 1 is 1.00 bits per heavy atom. The lowest BCUT2D eigenvalue weighted by Gasteiger charge is -2.38. The molecule has 2 aliphatic heterocycles. The van der Waals surface area contributed by atoms with Gasteiger partial charge in [-0.3, -0.25) is 24.6 Å². The second-order valence-corrected chi connectivity index (χ2v) is 7.51. The maximum atomic E-state index is 13.2. The number of carbonyl (C=O) groups excluding carboxylic acids is 2. The van der Waals surface area contributed by atoms with Crippen LogP contribution in [0.5, 0.6) is 11.5 Å². The van der Waals surface area contributed by atoms with Gasteiger partial charge in [0.2, 0.25) is 12.7 Å². The van der Waals surface area contributed by atoms with Crippen molar-refractivity contribution in [1.29, 1.82) is 0 Å². The van der Waals surface area contributed by atoms with Crippen LogP contribution in [0.15, 0.2) is 53.7 Å². The van der Waals surface area contributed by atoms with Gasteiger partial charge in [0.05, 0.1) is 4.92 Å². The van der Waals surface area contributed by atoms with E-state index >= 15 is 0 Å². The minimum atomic E-state index is -0.480. The van der Waals surface area contributed by atoms with Crippen LogP contribution >= 0.6 is 0 Å². The first-order chi connectivity index (χ1) is 14.5. The van der Waals surface area contributed by atoms with Gasteiger partial charge in [0.25, 0.3) is 5.69 Å². The van der Waals surface area contributed by atoms with E-state index in [-0.39, 0.29) is 36.5 Å². The summed E-state index contributed by atoms with van der Waals surface area (Å²) in [6.07, 6.45) is 1.86. The molecule has 1 amide bonds. The van der Waals surface area contributed by atoms with E-state index in [1.807, 2.05) is 12.1 Å². The van der Waals surface area contributed by atoms with E-state index in [1.165, 1.54) is 12.1 Å². The highest BCUT2D eigenvalue weighted by atomic mass is 16.7. The summed E-state index contributed by atoms with van der Waals surface area (Å²) >= 11 is 0. The second-order valence-electron chi connectivity index (χ2n) is 7.51. The number of benzene rings is 2. The third-order valence-electron chi connectivity index (χ3n) is 5.79. The Labute approximate surface area is 171 Å². The van der Waals surface area contributed by atoms with Crippen LogP contribution in [0.2, 0.25) is 0 Å². The van der Waals surface area contributed by atoms with E-state index in [9.17, 15) is 19.7 Å². The predicted octanol–water partition coefficient (Wildman–Crippen LogP) is 3.85. The van der Waals surface area contributed by atoms with Crippen molar-refractivity contribution < 1.29 is 24.0 Å². The molecule has 0 N–H and O–H groups in total. The number of nitro groups is 1. The number of nitrogens with zero attached hydrogens (tertiary/aromatic N) is 2. The third-order valence-corrected chi connectivity index (χ3v) is 5.79. The van der Waals surface area contributed by atoms with Crippen molar-refractivity contribution >= 4 is 23.1 Å². The summed E-state index contributed by atoms with van der Waals surface area (Å²) in [7, 11) is 0. The minimum Gasteiger partial charge on any atom is -0.454 e. The van der Waals surface area contributed by atoms with Crippen molar-refractivity contribution in [1.82, 2.24) is 0 Å². The molecular weight excluding hydrogens is 388 g/mol. The topological polar surface area (TPSA) is 99.0 Å². The predicted molar refractivity (Wildman–Crippen MR) is 106 cm³/mol. The van der Waals surface area contributed by atoms with Crippen molar-refractivity contribution in [3.63, 3.8) is 0 Å². The summed E-state index contributed by atoms with van der Waals surface area (Å²) in [4.78, 5) is 38.1. The summed E-state index contributed by atoms with van der Waals surface area (Å²) in [6, 6.07) is 11.4. The number of fused-ring (bicyclic) bond motifs is 1. The van der Waals surface area contributed by atoms with E-state index in [4.69, 9.17) is 9.47 Å². The smallest absolute Gasteiger partial charge is 0.269 e. The Balaban J connectivity index is 1.59. The fourth-order valence-electron chi connectivity index (χ4n) is 4.43. The Morgan fingerprint density at radius 2 is 1.77 bits per heavy atom. The average Bonchev–Trinajstić information content (AvgIpc) is 3.21. The highest BCUT2D eigenvalue weighted by Crippen LogP contribution is 2.45. The van der Waals surface area contributed by atoms with E-state index in [0.717, 1.165) is 5.56 Å². The molecule has 8 nitrogen and oxygen atoms in total. The van der Waals surface area contributed by atoms with Crippen LogP contribution in [0.4, 0.5) is 11.4 Å². The number of ether oxygens (including phenoxy) is 2. The molecule has 2 aromatic rings. The lowest BCUT2D eigenvalue weighted by molar-refractivity contribution is -0.384. The standard InChI is InChI=1S/C22H18N2O6/c25-18-3-1-2-17-22(18)16(13-4-9-19-20(10-13)30-12-29-19)11-21(26)23(17)14-5-7-15(8-6-14)24(27)28/h4-10,16H,1-3,11-12H2. The van der Waals surface area contributed by atoms with Crippen LogP contribution in [0.1, 0.15) is 37.2 Å². The molecule has 0 saturated heterocycles. The minimum absolute atomic E-state index is 0.0401. The zero-order chi connectivity index (χ0) is 20.8. The van der Waals surface area contributed by atoms with Crippen molar-refractivity contribution in [2.24, 2.45) is 0 Å². The molecule has 0 bridgehead atoms. The SMILES string of the molecule is O=C1CCCC2=C1C(c1ccc3c(c1)OCO3)CC(=O)N2c1ccc([N+](=O)[O-])cc1. The molecule has 152 valence electrons. The summed E-state index contributed by atoms with van der Waals surface area (Å²) < 4.78 is 10.8. The van der Waals surface area contributed by atoms with Gasteiger partial charge in [-0.05, 0) is 42.7 Å². The first-order valence-corrected chi connectivity index (χ1v) is 9.76. The molecule has 1 aliphatic carbocycles. The molecule has 2 aromatic carbocycles. The monoisotopic (exact) mass is 406 g/mol. The van der Waals surface area contributed by atoms with Gasteiger partial charge in [0.1, 0.15) is 0 Å². The molecule has 3 aliphatic rings. The maximum absolute atomic E-state index is 13.2. The van der Waals surface area contributed by atoms with Crippen molar-refractivity contribution in [2.75, 3.05) is 11.7 Å². The molecule has 8 heteroatoms. The van der Waals surface area contributed by atoms with Gasteiger partial charge in [0, 0.05) is 47.8 Å². The summed E-state index contributed by atoms with van der Waals surface area (Å²) in [5, 5.41) is 11.0. The number of carbonyl (C=O) groups is 2. The Kier molecular flexibility index (Phi) is 4.27. The quantitative estimate of drug-likeness (QED) is 0.567. The zero-order valence-corrected chi connectivity index (χ0v) is 16.0. The molecule has 5 rings (SSSR count). The van der Waals surface area contributed by atoms with Gasteiger partial charge in [0.15, 0.2) is 17.3 Å². The van der Waals surface area contributed by atoms with Gasteiger partial charge in [-0.15, -0.1) is 0 Å². The molecule has 0 saturated carbocycles. The molecule has 0 aromatic heterocycles. The average molecular weight is 406 g/mol. The number of rotatable bonds is 3. The van der Waals surface area contributed by atoms with Crippen LogP contribution < -0.4 is 14.4 Å². The fraction of sp³-hybridized carbons (Fsp3) is 0.273. The molecule has 0 spiro atoms. The largest absolute Gasteiger partial charge is 0.454 e. The number of Topliss-reactive ketones (excluding diaryl/α,β-unsaturated/α-hetero) is 1.